The molecule has 1 saturated heterocycles. The minimum atomic E-state index is -0.321. The lowest BCUT2D eigenvalue weighted by Crippen LogP contribution is -2.48. The van der Waals surface area contributed by atoms with Gasteiger partial charge in [0.05, 0.1) is 11.2 Å². The van der Waals surface area contributed by atoms with Gasteiger partial charge in [-0.15, -0.1) is 0 Å². The third-order valence-electron chi connectivity index (χ3n) is 4.29. The fourth-order valence-corrected chi connectivity index (χ4v) is 3.55. The molecule has 1 aromatic carbocycles. The first-order chi connectivity index (χ1) is 9.99. The van der Waals surface area contributed by atoms with E-state index in [0.29, 0.717) is 15.7 Å². The molecule has 0 aliphatic carbocycles. The van der Waals surface area contributed by atoms with Gasteiger partial charge in [-0.25, -0.2) is 4.39 Å². The molecule has 0 spiro atoms. The molecule has 1 heterocycles. The van der Waals surface area contributed by atoms with E-state index < -0.39 is 0 Å². The van der Waals surface area contributed by atoms with Gasteiger partial charge in [0, 0.05) is 16.2 Å². The molecule has 1 aromatic rings. The van der Waals surface area contributed by atoms with Crippen LogP contribution in [0.1, 0.15) is 49.9 Å². The Morgan fingerprint density at radius 1 is 1.48 bits per heavy atom. The predicted octanol–water partition coefficient (Wildman–Crippen LogP) is 3.90. The van der Waals surface area contributed by atoms with E-state index >= 15 is 0 Å². The molecule has 0 bridgehead atoms. The second kappa shape index (κ2) is 7.05. The quantitative estimate of drug-likeness (QED) is 0.772. The van der Waals surface area contributed by atoms with Crippen LogP contribution in [0.4, 0.5) is 4.39 Å². The Bertz CT molecular complexity index is 517. The molecule has 0 saturated carbocycles. The molecule has 2 rings (SSSR count). The van der Waals surface area contributed by atoms with Crippen molar-refractivity contribution in [2.45, 2.75) is 51.2 Å². The van der Waals surface area contributed by atoms with Crippen molar-refractivity contribution in [3.8, 4) is 0 Å². The van der Waals surface area contributed by atoms with Crippen LogP contribution >= 0.6 is 22.6 Å². The zero-order valence-corrected chi connectivity index (χ0v) is 14.6. The van der Waals surface area contributed by atoms with Gasteiger partial charge in [-0.3, -0.25) is 4.79 Å². The fourth-order valence-electron chi connectivity index (χ4n) is 2.83. The van der Waals surface area contributed by atoms with E-state index in [-0.39, 0.29) is 23.4 Å². The van der Waals surface area contributed by atoms with Crippen LogP contribution in [-0.2, 0) is 4.74 Å². The average Bonchev–Trinajstić information content (AvgIpc) is 2.47. The maximum absolute atomic E-state index is 13.1. The normalized spacial score (nSPS) is 21.0. The highest BCUT2D eigenvalue weighted by molar-refractivity contribution is 14.1. The molecule has 1 unspecified atom stereocenters. The third kappa shape index (κ3) is 3.94. The Hall–Kier alpha value is -0.690. The summed E-state index contributed by atoms with van der Waals surface area (Å²) in [6.07, 6.45) is 3.56. The van der Waals surface area contributed by atoms with Gasteiger partial charge in [0.2, 0.25) is 0 Å². The van der Waals surface area contributed by atoms with Crippen molar-refractivity contribution < 1.29 is 13.9 Å². The van der Waals surface area contributed by atoms with E-state index in [1.807, 2.05) is 22.6 Å². The molecule has 21 heavy (non-hydrogen) atoms. The Morgan fingerprint density at radius 3 is 2.81 bits per heavy atom. The number of amides is 1. The van der Waals surface area contributed by atoms with Crippen LogP contribution in [0.2, 0.25) is 0 Å². The highest BCUT2D eigenvalue weighted by Crippen LogP contribution is 2.31. The van der Waals surface area contributed by atoms with E-state index in [2.05, 4.69) is 19.2 Å². The van der Waals surface area contributed by atoms with E-state index in [4.69, 9.17) is 4.74 Å². The maximum atomic E-state index is 13.1. The minimum Gasteiger partial charge on any atom is -0.375 e. The molecule has 0 radical (unpaired) electrons. The van der Waals surface area contributed by atoms with Crippen LogP contribution in [-0.4, -0.2) is 24.2 Å². The average molecular weight is 405 g/mol. The van der Waals surface area contributed by atoms with Crippen LogP contribution in [0.15, 0.2) is 18.2 Å². The largest absolute Gasteiger partial charge is 0.375 e. The highest BCUT2D eigenvalue weighted by atomic mass is 127. The maximum Gasteiger partial charge on any atom is 0.252 e. The summed E-state index contributed by atoms with van der Waals surface area (Å²) in [5, 5.41) is 3.07. The van der Waals surface area contributed by atoms with Crippen LogP contribution < -0.4 is 5.32 Å². The minimum absolute atomic E-state index is 0.118. The topological polar surface area (TPSA) is 38.3 Å². The summed E-state index contributed by atoms with van der Waals surface area (Å²) < 4.78 is 19.7. The fraction of sp³-hybridized carbons (Fsp3) is 0.562. The first-order valence-electron chi connectivity index (χ1n) is 7.39. The van der Waals surface area contributed by atoms with Crippen molar-refractivity contribution in [3.05, 3.63) is 33.1 Å². The molecule has 1 aliphatic heterocycles. The first-order valence-corrected chi connectivity index (χ1v) is 8.47. The Labute approximate surface area is 138 Å². The molecular weight excluding hydrogens is 384 g/mol. The lowest BCUT2D eigenvalue weighted by molar-refractivity contribution is -0.0917. The first kappa shape index (κ1) is 16.7. The van der Waals surface area contributed by atoms with Crippen LogP contribution in [0, 0.1) is 9.39 Å². The number of hydrogen-bond donors (Lipinski definition) is 1. The Morgan fingerprint density at radius 2 is 2.19 bits per heavy atom. The predicted molar refractivity (Wildman–Crippen MR) is 88.9 cm³/mol. The van der Waals surface area contributed by atoms with Gasteiger partial charge >= 0.3 is 0 Å². The summed E-state index contributed by atoms with van der Waals surface area (Å²) in [4.78, 5) is 12.4. The molecule has 1 atom stereocenters. The van der Waals surface area contributed by atoms with Gasteiger partial charge in [-0.2, -0.15) is 0 Å². The van der Waals surface area contributed by atoms with Crippen LogP contribution in [0.25, 0.3) is 0 Å². The van der Waals surface area contributed by atoms with Gasteiger partial charge in [0.15, 0.2) is 0 Å². The second-order valence-corrected chi connectivity index (χ2v) is 6.69. The molecule has 1 fully saturated rings. The van der Waals surface area contributed by atoms with Gasteiger partial charge in [0.1, 0.15) is 5.82 Å². The molecule has 1 amide bonds. The standard InChI is InChI=1S/C16H21FINO2/c1-3-16(4-2)10-12(7-8-21-16)19-15(20)13-6-5-11(17)9-14(13)18/h5-6,9,12H,3-4,7-8,10H2,1-2H3,(H,19,20). The summed E-state index contributed by atoms with van der Waals surface area (Å²) in [6.45, 7) is 4.92. The van der Waals surface area contributed by atoms with Crippen molar-refractivity contribution in [1.29, 1.82) is 0 Å². The monoisotopic (exact) mass is 405 g/mol. The third-order valence-corrected chi connectivity index (χ3v) is 5.19. The number of hydrogen-bond acceptors (Lipinski definition) is 2. The molecule has 1 aliphatic rings. The summed E-state index contributed by atoms with van der Waals surface area (Å²) in [5.41, 5.74) is 0.411. The number of nitrogens with one attached hydrogen (secondary N) is 1. The van der Waals surface area contributed by atoms with Crippen molar-refractivity contribution in [1.82, 2.24) is 5.32 Å². The number of ether oxygens (including phenoxy) is 1. The van der Waals surface area contributed by atoms with Crippen molar-refractivity contribution in [2.75, 3.05) is 6.61 Å². The summed E-state index contributed by atoms with van der Waals surface area (Å²) in [6, 6.07) is 4.36. The number of halogens is 2. The van der Waals surface area contributed by atoms with Gasteiger partial charge < -0.3 is 10.1 Å². The van der Waals surface area contributed by atoms with Gasteiger partial charge in [0.25, 0.3) is 5.91 Å². The zero-order chi connectivity index (χ0) is 15.5. The zero-order valence-electron chi connectivity index (χ0n) is 12.4. The molecule has 1 N–H and O–H groups in total. The molecule has 116 valence electrons. The second-order valence-electron chi connectivity index (χ2n) is 5.53. The number of rotatable bonds is 4. The smallest absolute Gasteiger partial charge is 0.252 e. The van der Waals surface area contributed by atoms with Gasteiger partial charge in [-0.1, -0.05) is 13.8 Å². The summed E-state index contributed by atoms with van der Waals surface area (Å²) >= 11 is 1.99. The summed E-state index contributed by atoms with van der Waals surface area (Å²) in [5.74, 6) is -0.453. The number of benzene rings is 1. The molecular formula is C16H21FINO2. The molecule has 3 nitrogen and oxygen atoms in total. The van der Waals surface area contributed by atoms with E-state index in [0.717, 1.165) is 25.7 Å². The highest BCUT2D eigenvalue weighted by Gasteiger charge is 2.35. The SMILES string of the molecule is CCC1(CC)CC(NC(=O)c2ccc(F)cc2I)CCO1. The number of carbonyl (C=O) groups excluding carboxylic acids is 1. The lowest BCUT2D eigenvalue weighted by atomic mass is 9.86. The Kier molecular flexibility index (Phi) is 5.60. The number of carbonyl (C=O) groups is 1. The van der Waals surface area contributed by atoms with Crippen molar-refractivity contribution in [3.63, 3.8) is 0 Å². The van der Waals surface area contributed by atoms with E-state index in [1.165, 1.54) is 12.1 Å². The molecule has 5 heteroatoms. The summed E-state index contributed by atoms with van der Waals surface area (Å²) in [7, 11) is 0. The Balaban J connectivity index is 2.05. The lowest BCUT2D eigenvalue weighted by Gasteiger charge is -2.40. The van der Waals surface area contributed by atoms with E-state index in [9.17, 15) is 9.18 Å². The van der Waals surface area contributed by atoms with Crippen LogP contribution in [0.3, 0.4) is 0 Å². The van der Waals surface area contributed by atoms with Crippen LogP contribution in [0.5, 0.6) is 0 Å². The van der Waals surface area contributed by atoms with Gasteiger partial charge in [-0.05, 0) is 66.5 Å². The molecule has 0 aromatic heterocycles. The van der Waals surface area contributed by atoms with Crippen molar-refractivity contribution in [2.24, 2.45) is 0 Å². The van der Waals surface area contributed by atoms with E-state index in [1.54, 1.807) is 6.07 Å². The van der Waals surface area contributed by atoms with Crippen molar-refractivity contribution >= 4 is 28.5 Å².